The number of H-pyrrole nitrogens is 1. The normalized spacial score (nSPS) is 10.6. The van der Waals surface area contributed by atoms with Crippen molar-refractivity contribution >= 4 is 39.8 Å². The average molecular weight is 411 g/mol. The van der Waals surface area contributed by atoms with E-state index in [4.69, 9.17) is 15.2 Å². The number of hydrogen-bond donors (Lipinski definition) is 3. The van der Waals surface area contributed by atoms with Gasteiger partial charge in [-0.1, -0.05) is 0 Å². The summed E-state index contributed by atoms with van der Waals surface area (Å²) >= 11 is 0.757. The smallest absolute Gasteiger partial charge is 0.362 e. The molecule has 2 aromatic heterocycles. The van der Waals surface area contributed by atoms with Crippen LogP contribution in [0.1, 0.15) is 49.9 Å². The average Bonchev–Trinajstić information content (AvgIpc) is 3.15. The van der Waals surface area contributed by atoms with Crippen molar-refractivity contribution in [1.82, 2.24) is 10.2 Å². The highest BCUT2D eigenvalue weighted by Crippen LogP contribution is 2.35. The summed E-state index contributed by atoms with van der Waals surface area (Å²) in [7, 11) is 1.16. The van der Waals surface area contributed by atoms with Gasteiger partial charge < -0.3 is 20.5 Å². The van der Waals surface area contributed by atoms with Crippen molar-refractivity contribution in [1.29, 1.82) is 0 Å². The Balaban J connectivity index is 2.48. The van der Waals surface area contributed by atoms with Gasteiger partial charge in [-0.25, -0.2) is 4.79 Å². The Kier molecular flexibility index (Phi) is 5.98. The molecule has 13 heteroatoms. The lowest BCUT2D eigenvalue weighted by molar-refractivity contribution is -0.386. The number of carbonyl (C=O) groups is 3. The van der Waals surface area contributed by atoms with Gasteiger partial charge in [0.2, 0.25) is 5.69 Å². The van der Waals surface area contributed by atoms with Crippen LogP contribution in [0.5, 0.6) is 5.88 Å². The van der Waals surface area contributed by atoms with Crippen LogP contribution >= 0.6 is 11.3 Å². The molecule has 0 fully saturated rings. The minimum absolute atomic E-state index is 0.0372. The quantitative estimate of drug-likeness (QED) is 0.349. The van der Waals surface area contributed by atoms with E-state index >= 15 is 0 Å². The van der Waals surface area contributed by atoms with E-state index in [2.05, 4.69) is 15.5 Å². The summed E-state index contributed by atoms with van der Waals surface area (Å²) in [6.45, 7) is 4.74. The molecule has 0 bridgehead atoms. The number of nitrogens with one attached hydrogen (secondary N) is 2. The van der Waals surface area contributed by atoms with E-state index in [-0.39, 0.29) is 26.9 Å². The standard InChI is InChI=1S/C15H17N5O7S/c1-5(2)27-15(23)7-6(3)10(11(16)21)28-14(7)17-12(22)8-9(20(24)25)13(26-4)19-18-8/h5H,1-4H3,(H2,16,21)(H,17,22)(H,18,19). The molecule has 0 aliphatic carbocycles. The van der Waals surface area contributed by atoms with Gasteiger partial charge in [0.1, 0.15) is 5.00 Å². The molecular formula is C15H17N5O7S. The van der Waals surface area contributed by atoms with E-state index in [0.717, 1.165) is 18.4 Å². The van der Waals surface area contributed by atoms with Crippen LogP contribution in [0, 0.1) is 17.0 Å². The number of primary amides is 1. The van der Waals surface area contributed by atoms with Crippen LogP contribution < -0.4 is 15.8 Å². The minimum Gasteiger partial charge on any atom is -0.475 e. The second kappa shape index (κ2) is 8.04. The van der Waals surface area contributed by atoms with Gasteiger partial charge in [-0.15, -0.1) is 16.4 Å². The van der Waals surface area contributed by atoms with E-state index in [1.54, 1.807) is 13.8 Å². The van der Waals surface area contributed by atoms with Crippen LogP contribution in [0.2, 0.25) is 0 Å². The fraction of sp³-hybridized carbons (Fsp3) is 0.333. The lowest BCUT2D eigenvalue weighted by Gasteiger charge is -2.10. The maximum Gasteiger partial charge on any atom is 0.362 e. The van der Waals surface area contributed by atoms with Crippen LogP contribution in [-0.2, 0) is 4.74 Å². The van der Waals surface area contributed by atoms with E-state index in [9.17, 15) is 24.5 Å². The molecule has 4 N–H and O–H groups in total. The highest BCUT2D eigenvalue weighted by Gasteiger charge is 2.32. The third kappa shape index (κ3) is 3.93. The van der Waals surface area contributed by atoms with Gasteiger partial charge in [0.05, 0.1) is 28.6 Å². The van der Waals surface area contributed by atoms with E-state index in [0.29, 0.717) is 0 Å². The third-order valence-corrected chi connectivity index (χ3v) is 4.68. The maximum absolute atomic E-state index is 12.6. The molecule has 2 rings (SSSR count). The second-order valence-corrected chi connectivity index (χ2v) is 6.77. The molecule has 12 nitrogen and oxygen atoms in total. The zero-order valence-corrected chi connectivity index (χ0v) is 16.1. The van der Waals surface area contributed by atoms with Crippen molar-refractivity contribution in [2.45, 2.75) is 26.9 Å². The molecule has 0 spiro atoms. The third-order valence-electron chi connectivity index (χ3n) is 3.46. The first-order chi connectivity index (χ1) is 13.1. The van der Waals surface area contributed by atoms with Gasteiger partial charge in [-0.05, 0) is 26.3 Å². The molecule has 0 unspecified atom stereocenters. The number of nitro groups is 1. The van der Waals surface area contributed by atoms with Gasteiger partial charge in [-0.2, -0.15) is 0 Å². The fourth-order valence-corrected chi connectivity index (χ4v) is 3.35. The monoisotopic (exact) mass is 411 g/mol. The fourth-order valence-electron chi connectivity index (χ4n) is 2.31. The second-order valence-electron chi connectivity index (χ2n) is 5.75. The van der Waals surface area contributed by atoms with Crippen LogP contribution in [-0.4, -0.2) is 46.1 Å². The van der Waals surface area contributed by atoms with E-state index < -0.39 is 40.2 Å². The van der Waals surface area contributed by atoms with Gasteiger partial charge in [-0.3, -0.25) is 24.8 Å². The largest absolute Gasteiger partial charge is 0.475 e. The first kappa shape index (κ1) is 20.8. The number of esters is 1. The molecule has 2 amide bonds. The highest BCUT2D eigenvalue weighted by atomic mass is 32.1. The molecule has 0 atom stereocenters. The molecule has 0 saturated heterocycles. The maximum atomic E-state index is 12.6. The molecular weight excluding hydrogens is 394 g/mol. The molecule has 0 aromatic carbocycles. The Hall–Kier alpha value is -3.48. The summed E-state index contributed by atoms with van der Waals surface area (Å²) in [6, 6.07) is 0. The Morgan fingerprint density at radius 2 is 2.00 bits per heavy atom. The first-order valence-electron chi connectivity index (χ1n) is 7.80. The zero-order chi connectivity index (χ0) is 21.2. The lowest BCUT2D eigenvalue weighted by Crippen LogP contribution is -2.18. The number of aromatic nitrogens is 2. The number of amides is 2. The predicted octanol–water partition coefficient (Wildman–Crippen LogP) is 1.61. The summed E-state index contributed by atoms with van der Waals surface area (Å²) in [6.07, 6.45) is -0.453. The van der Waals surface area contributed by atoms with Crippen LogP contribution in [0.4, 0.5) is 10.7 Å². The van der Waals surface area contributed by atoms with Crippen LogP contribution in [0.3, 0.4) is 0 Å². The highest BCUT2D eigenvalue weighted by molar-refractivity contribution is 7.18. The van der Waals surface area contributed by atoms with E-state index in [1.807, 2.05) is 0 Å². The van der Waals surface area contributed by atoms with Gasteiger partial charge in [0.25, 0.3) is 11.8 Å². The van der Waals surface area contributed by atoms with Gasteiger partial charge >= 0.3 is 17.5 Å². The van der Waals surface area contributed by atoms with Crippen molar-refractivity contribution in [2.75, 3.05) is 12.4 Å². The number of anilines is 1. The van der Waals surface area contributed by atoms with Gasteiger partial charge in [0, 0.05) is 0 Å². The molecule has 0 aliphatic rings. The Labute approximate surface area is 162 Å². The number of rotatable bonds is 7. The first-order valence-corrected chi connectivity index (χ1v) is 8.62. The Morgan fingerprint density at radius 1 is 1.36 bits per heavy atom. The summed E-state index contributed by atoms with van der Waals surface area (Å²) in [4.78, 5) is 47.0. The van der Waals surface area contributed by atoms with E-state index in [1.165, 1.54) is 6.92 Å². The number of nitrogens with two attached hydrogens (primary N) is 1. The summed E-state index contributed by atoms with van der Waals surface area (Å²) in [5.74, 6) is -2.91. The summed E-state index contributed by atoms with van der Waals surface area (Å²) < 4.78 is 9.89. The van der Waals surface area contributed by atoms with Crippen LogP contribution in [0.15, 0.2) is 0 Å². The number of aromatic amines is 1. The Morgan fingerprint density at radius 3 is 2.50 bits per heavy atom. The molecule has 0 radical (unpaired) electrons. The van der Waals surface area contributed by atoms with Crippen molar-refractivity contribution in [3.05, 3.63) is 31.8 Å². The number of ether oxygens (including phenoxy) is 2. The van der Waals surface area contributed by atoms with Crippen molar-refractivity contribution < 1.29 is 28.8 Å². The van der Waals surface area contributed by atoms with Gasteiger partial charge in [0.15, 0.2) is 0 Å². The number of methoxy groups -OCH3 is 1. The lowest BCUT2D eigenvalue weighted by atomic mass is 10.1. The number of carbonyl (C=O) groups excluding carboxylic acids is 3. The zero-order valence-electron chi connectivity index (χ0n) is 15.3. The number of hydrogen-bond acceptors (Lipinski definition) is 9. The molecule has 0 aliphatic heterocycles. The van der Waals surface area contributed by atoms with Crippen molar-refractivity contribution in [3.63, 3.8) is 0 Å². The van der Waals surface area contributed by atoms with Crippen molar-refractivity contribution in [2.24, 2.45) is 5.73 Å². The summed E-state index contributed by atoms with van der Waals surface area (Å²) in [5, 5.41) is 19.3. The SMILES string of the molecule is COc1n[nH]c(C(=O)Nc2sc(C(N)=O)c(C)c2C(=O)OC(C)C)c1[N+](=O)[O-]. The number of thiophene rings is 1. The molecule has 2 aromatic rings. The predicted molar refractivity (Wildman–Crippen MR) is 97.9 cm³/mol. The molecule has 150 valence electrons. The molecule has 2 heterocycles. The molecule has 0 saturated carbocycles. The van der Waals surface area contributed by atoms with Crippen molar-refractivity contribution in [3.8, 4) is 5.88 Å². The number of nitrogens with zero attached hydrogens (tertiary/aromatic N) is 2. The topological polar surface area (TPSA) is 180 Å². The molecule has 28 heavy (non-hydrogen) atoms. The Bertz CT molecular complexity index is 962. The summed E-state index contributed by atoms with van der Waals surface area (Å²) in [5.41, 5.74) is 4.32. The van der Waals surface area contributed by atoms with Crippen LogP contribution in [0.25, 0.3) is 0 Å². The minimum atomic E-state index is -0.960.